The average Bonchev–Trinajstić information content (AvgIpc) is 3.07. The third-order valence-electron chi connectivity index (χ3n) is 9.56. The molecule has 2 aliphatic heterocycles. The standard InChI is InChI=1S/C33H47F3N6O4/c1-4-27(43)39-28(31(45)42-18-16-41(3)17-19-42)21(2)23-10-11-26(25(34)20-23)38-30(44)29(22-8-6-5-7-9-22)40-32(46)33(35,36)24-12-14-37-15-13-24/h10-11,20-22,24,29,37H,4-9,12-19H2,1-3H3,(H,38,44)(H,40,46)/t21-,29-/m0/s1. The predicted octanol–water partition coefficient (Wildman–Crippen LogP) is 3.72. The highest BCUT2D eigenvalue weighted by molar-refractivity contribution is 6.42. The molecule has 4 rings (SSSR count). The Morgan fingerprint density at radius 1 is 1.02 bits per heavy atom. The van der Waals surface area contributed by atoms with Gasteiger partial charge < -0.3 is 25.8 Å². The molecule has 2 heterocycles. The number of amides is 4. The average molecular weight is 649 g/mol. The van der Waals surface area contributed by atoms with Crippen molar-refractivity contribution < 1.29 is 32.3 Å². The fraction of sp³-hybridized carbons (Fsp3) is 0.667. The summed E-state index contributed by atoms with van der Waals surface area (Å²) < 4.78 is 45.9. The molecule has 1 aliphatic carbocycles. The number of alkyl halides is 2. The van der Waals surface area contributed by atoms with E-state index in [1.54, 1.807) is 18.7 Å². The van der Waals surface area contributed by atoms with Crippen molar-refractivity contribution in [3.05, 3.63) is 29.6 Å². The molecule has 3 N–H and O–H groups in total. The molecule has 3 aliphatic rings. The number of rotatable bonds is 10. The maximum Gasteiger partial charge on any atom is 0.327 e. The lowest BCUT2D eigenvalue weighted by Gasteiger charge is -2.34. The molecular formula is C33H47F3N6O4. The first-order valence-electron chi connectivity index (χ1n) is 16.5. The van der Waals surface area contributed by atoms with Crippen LogP contribution in [-0.4, -0.2) is 97.4 Å². The van der Waals surface area contributed by atoms with Crippen molar-refractivity contribution in [1.29, 1.82) is 0 Å². The lowest BCUT2D eigenvalue weighted by molar-refractivity contribution is -0.157. The minimum absolute atomic E-state index is 0.0161. The zero-order valence-electron chi connectivity index (χ0n) is 27.0. The van der Waals surface area contributed by atoms with Crippen LogP contribution in [-0.2, 0) is 19.2 Å². The summed E-state index contributed by atoms with van der Waals surface area (Å²) in [4.78, 5) is 60.0. The summed E-state index contributed by atoms with van der Waals surface area (Å²) >= 11 is 0. The smallest absolute Gasteiger partial charge is 0.327 e. The first-order valence-corrected chi connectivity index (χ1v) is 16.5. The molecule has 1 saturated carbocycles. The Balaban J connectivity index is 1.51. The molecule has 3 fully saturated rings. The van der Waals surface area contributed by atoms with Gasteiger partial charge in [0.2, 0.25) is 11.8 Å². The fourth-order valence-corrected chi connectivity index (χ4v) is 6.46. The van der Waals surface area contributed by atoms with Gasteiger partial charge >= 0.3 is 5.92 Å². The Morgan fingerprint density at radius 2 is 1.67 bits per heavy atom. The molecule has 2 atom stereocenters. The van der Waals surface area contributed by atoms with E-state index in [-0.39, 0.29) is 42.5 Å². The highest BCUT2D eigenvalue weighted by atomic mass is 19.3. The molecule has 10 nitrogen and oxygen atoms in total. The van der Waals surface area contributed by atoms with Gasteiger partial charge in [-0.05, 0) is 69.4 Å². The number of carbonyl (C=O) groups excluding carboxylic acids is 4. The van der Waals surface area contributed by atoms with Crippen LogP contribution >= 0.6 is 0 Å². The third kappa shape index (κ3) is 8.72. The summed E-state index contributed by atoms with van der Waals surface area (Å²) in [5, 5.41) is 7.87. The zero-order chi connectivity index (χ0) is 33.4. The van der Waals surface area contributed by atoms with Crippen LogP contribution in [0.15, 0.2) is 23.2 Å². The Kier molecular flexibility index (Phi) is 12.4. The molecule has 46 heavy (non-hydrogen) atoms. The monoisotopic (exact) mass is 648 g/mol. The number of benzene rings is 1. The van der Waals surface area contributed by atoms with Crippen molar-refractivity contribution in [3.63, 3.8) is 0 Å². The van der Waals surface area contributed by atoms with Crippen molar-refractivity contribution in [3.8, 4) is 0 Å². The second kappa shape index (κ2) is 16.0. The van der Waals surface area contributed by atoms with Gasteiger partial charge in [-0.15, -0.1) is 0 Å². The van der Waals surface area contributed by atoms with Gasteiger partial charge in [0.1, 0.15) is 17.6 Å². The van der Waals surface area contributed by atoms with Gasteiger partial charge in [0.25, 0.3) is 11.8 Å². The number of anilines is 1. The quantitative estimate of drug-likeness (QED) is 0.333. The van der Waals surface area contributed by atoms with Crippen LogP contribution in [0.2, 0.25) is 0 Å². The molecule has 0 spiro atoms. The number of aliphatic imine (C=N–C) groups is 1. The summed E-state index contributed by atoms with van der Waals surface area (Å²) in [5.74, 6) is -9.75. The molecule has 4 amide bonds. The lowest BCUT2D eigenvalue weighted by atomic mass is 9.83. The zero-order valence-corrected chi connectivity index (χ0v) is 27.0. The van der Waals surface area contributed by atoms with E-state index in [2.05, 4.69) is 25.8 Å². The summed E-state index contributed by atoms with van der Waals surface area (Å²) in [5.41, 5.74) is 0.205. The van der Waals surface area contributed by atoms with Gasteiger partial charge in [0, 0.05) is 44.4 Å². The number of nitrogens with one attached hydrogen (secondary N) is 3. The van der Waals surface area contributed by atoms with E-state index in [0.29, 0.717) is 57.7 Å². The number of piperazine rings is 1. The van der Waals surface area contributed by atoms with Crippen LogP contribution < -0.4 is 16.0 Å². The SMILES string of the molecule is CCC(=O)N=C(C(=O)N1CCN(C)CC1)[C@@H](C)c1ccc(NC(=O)[C@@H](NC(=O)C(F)(F)C2CCNCC2)C2CCCCC2)c(F)c1. The van der Waals surface area contributed by atoms with Crippen LogP contribution in [0.1, 0.15) is 76.7 Å². The van der Waals surface area contributed by atoms with Gasteiger partial charge in [-0.3, -0.25) is 19.2 Å². The minimum Gasteiger partial charge on any atom is -0.339 e. The summed E-state index contributed by atoms with van der Waals surface area (Å²) in [6.45, 7) is 6.39. The molecule has 1 aromatic carbocycles. The molecule has 0 bridgehead atoms. The summed E-state index contributed by atoms with van der Waals surface area (Å²) in [6, 6.07) is 2.79. The van der Waals surface area contributed by atoms with Crippen molar-refractivity contribution in [2.24, 2.45) is 16.8 Å². The Morgan fingerprint density at radius 3 is 2.28 bits per heavy atom. The van der Waals surface area contributed by atoms with Gasteiger partial charge in [0.05, 0.1) is 5.69 Å². The number of piperidine rings is 1. The van der Waals surface area contributed by atoms with E-state index in [0.717, 1.165) is 19.3 Å². The predicted molar refractivity (Wildman–Crippen MR) is 169 cm³/mol. The van der Waals surface area contributed by atoms with Crippen molar-refractivity contribution in [1.82, 2.24) is 20.4 Å². The van der Waals surface area contributed by atoms with Gasteiger partial charge in [-0.2, -0.15) is 8.78 Å². The van der Waals surface area contributed by atoms with E-state index in [1.165, 1.54) is 18.2 Å². The molecule has 0 unspecified atom stereocenters. The molecule has 0 aromatic heterocycles. The molecule has 254 valence electrons. The maximum atomic E-state index is 15.5. The van der Waals surface area contributed by atoms with E-state index in [4.69, 9.17) is 0 Å². The normalized spacial score (nSPS) is 20.6. The van der Waals surface area contributed by atoms with Gasteiger partial charge in [-0.25, -0.2) is 9.38 Å². The molecule has 2 saturated heterocycles. The first kappa shape index (κ1) is 35.5. The maximum absolute atomic E-state index is 15.5. The van der Waals surface area contributed by atoms with Crippen LogP contribution in [0.3, 0.4) is 0 Å². The highest BCUT2D eigenvalue weighted by Crippen LogP contribution is 2.33. The van der Waals surface area contributed by atoms with E-state index in [9.17, 15) is 19.2 Å². The number of hydrogen-bond acceptors (Lipinski definition) is 6. The Labute approximate surface area is 268 Å². The minimum atomic E-state index is -3.64. The highest BCUT2D eigenvalue weighted by Gasteiger charge is 2.49. The van der Waals surface area contributed by atoms with Gasteiger partial charge in [0.15, 0.2) is 0 Å². The second-order valence-corrected chi connectivity index (χ2v) is 12.8. The molecule has 1 aromatic rings. The van der Waals surface area contributed by atoms with Crippen LogP contribution in [0.5, 0.6) is 0 Å². The number of hydrogen-bond donors (Lipinski definition) is 3. The van der Waals surface area contributed by atoms with E-state index in [1.807, 2.05) is 7.05 Å². The largest absolute Gasteiger partial charge is 0.339 e. The second-order valence-electron chi connectivity index (χ2n) is 12.8. The number of halogens is 3. The van der Waals surface area contributed by atoms with Crippen molar-refractivity contribution in [2.45, 2.75) is 83.1 Å². The van der Waals surface area contributed by atoms with E-state index >= 15 is 13.2 Å². The Hall–Kier alpha value is -3.32. The van der Waals surface area contributed by atoms with Crippen molar-refractivity contribution in [2.75, 3.05) is 51.6 Å². The molecule has 0 radical (unpaired) electrons. The van der Waals surface area contributed by atoms with Crippen molar-refractivity contribution >= 4 is 35.0 Å². The fourth-order valence-electron chi connectivity index (χ4n) is 6.46. The summed E-state index contributed by atoms with van der Waals surface area (Å²) in [7, 11) is 1.96. The third-order valence-corrected chi connectivity index (χ3v) is 9.56. The molecular weight excluding hydrogens is 601 g/mol. The van der Waals surface area contributed by atoms with E-state index < -0.39 is 47.3 Å². The van der Waals surface area contributed by atoms with Gasteiger partial charge in [-0.1, -0.05) is 39.2 Å². The number of likely N-dealkylation sites (N-methyl/N-ethyl adjacent to an activating group) is 1. The van der Waals surface area contributed by atoms with Crippen LogP contribution in [0.25, 0.3) is 0 Å². The molecule has 13 heteroatoms. The topological polar surface area (TPSA) is 123 Å². The number of carbonyl (C=O) groups is 4. The van der Waals surface area contributed by atoms with Crippen LogP contribution in [0, 0.1) is 17.7 Å². The Bertz CT molecular complexity index is 1290. The first-order chi connectivity index (χ1) is 21.9. The van der Waals surface area contributed by atoms with Crippen LogP contribution in [0.4, 0.5) is 18.9 Å². The lowest BCUT2D eigenvalue weighted by Crippen LogP contribution is -2.56. The summed E-state index contributed by atoms with van der Waals surface area (Å²) in [6.07, 6.45) is 4.11. The number of nitrogens with zero attached hydrogens (tertiary/aromatic N) is 3.